The maximum Gasteiger partial charge on any atom is 0.337 e. The average molecular weight is 367 g/mol. The maximum absolute atomic E-state index is 11.6. The first-order chi connectivity index (χ1) is 11.6. The predicted octanol–water partition coefficient (Wildman–Crippen LogP) is 2.10. The van der Waals surface area contributed by atoms with Crippen molar-refractivity contribution in [2.24, 2.45) is 0 Å². The van der Waals surface area contributed by atoms with Crippen LogP contribution in [0.3, 0.4) is 0 Å². The summed E-state index contributed by atoms with van der Waals surface area (Å²) < 4.78 is 33.8. The minimum absolute atomic E-state index is 0.00613. The third-order valence-corrected chi connectivity index (χ3v) is 5.01. The summed E-state index contributed by atoms with van der Waals surface area (Å²) in [5, 5.41) is 9.49. The second-order valence-electron chi connectivity index (χ2n) is 5.77. The number of rotatable bonds is 6. The molecule has 7 nitrogen and oxygen atoms in total. The average Bonchev–Trinajstić information content (AvgIpc) is 2.56. The molecule has 1 aromatic carbocycles. The first-order valence-corrected chi connectivity index (χ1v) is 9.47. The summed E-state index contributed by atoms with van der Waals surface area (Å²) in [7, 11) is -1.63. The lowest BCUT2D eigenvalue weighted by Gasteiger charge is -2.28. The van der Waals surface area contributed by atoms with Crippen LogP contribution in [0.15, 0.2) is 35.8 Å². The fourth-order valence-corrected chi connectivity index (χ4v) is 2.59. The highest BCUT2D eigenvalue weighted by Crippen LogP contribution is 2.37. The van der Waals surface area contributed by atoms with E-state index in [1.165, 1.54) is 12.1 Å². The normalized spacial score (nSPS) is 15.0. The van der Waals surface area contributed by atoms with Crippen molar-refractivity contribution in [3.63, 3.8) is 0 Å². The molecule has 136 valence electrons. The molecule has 1 unspecified atom stereocenters. The Hall–Kier alpha value is -2.48. The highest BCUT2D eigenvalue weighted by molar-refractivity contribution is 7.94. The Morgan fingerprint density at radius 3 is 2.40 bits per heavy atom. The number of allylic oxidation sites excluding steroid dienone is 1. The van der Waals surface area contributed by atoms with Crippen molar-refractivity contribution in [1.29, 1.82) is 0 Å². The number of hydrogen-bond donors (Lipinski definition) is 1. The second-order valence-corrected chi connectivity index (χ2v) is 7.84. The zero-order chi connectivity index (χ0) is 18.8. The standard InChI is InChI=1S/C17H21NO6S/c1-11(5-6-12(2)25(4,21)22)18(3)14-10-16-15(23-7-8-24-16)9-13(14)17(19)20/h5-6,9-11H,2,7-8H2,1,3-4H3,(H,19,20)/b6-5-. The number of aromatic carboxylic acids is 1. The van der Waals surface area contributed by atoms with Crippen molar-refractivity contribution < 1.29 is 27.8 Å². The molecule has 0 bridgehead atoms. The predicted molar refractivity (Wildman–Crippen MR) is 95.4 cm³/mol. The molecule has 1 aliphatic heterocycles. The van der Waals surface area contributed by atoms with E-state index in [1.54, 1.807) is 24.1 Å². The number of nitrogens with zero attached hydrogens (tertiary/aromatic N) is 1. The minimum Gasteiger partial charge on any atom is -0.486 e. The van der Waals surface area contributed by atoms with Crippen molar-refractivity contribution in [2.45, 2.75) is 13.0 Å². The largest absolute Gasteiger partial charge is 0.486 e. The van der Waals surface area contributed by atoms with Gasteiger partial charge in [0.15, 0.2) is 21.3 Å². The van der Waals surface area contributed by atoms with Gasteiger partial charge in [-0.15, -0.1) is 0 Å². The minimum atomic E-state index is -3.35. The van der Waals surface area contributed by atoms with Crippen LogP contribution in [0.25, 0.3) is 0 Å². The van der Waals surface area contributed by atoms with Crippen LogP contribution in [0.5, 0.6) is 11.5 Å². The van der Waals surface area contributed by atoms with E-state index in [0.717, 1.165) is 6.26 Å². The van der Waals surface area contributed by atoms with E-state index in [4.69, 9.17) is 9.47 Å². The molecule has 1 aromatic rings. The molecular formula is C17H21NO6S. The van der Waals surface area contributed by atoms with E-state index in [1.807, 2.05) is 6.92 Å². The number of carbonyl (C=O) groups is 1. The number of carboxylic acid groups (broad SMARTS) is 1. The van der Waals surface area contributed by atoms with Crippen LogP contribution >= 0.6 is 0 Å². The zero-order valence-electron chi connectivity index (χ0n) is 14.4. The van der Waals surface area contributed by atoms with Gasteiger partial charge in [-0.25, -0.2) is 13.2 Å². The number of anilines is 1. The molecule has 0 aromatic heterocycles. The Kier molecular flexibility index (Phi) is 5.42. The molecule has 2 rings (SSSR count). The Morgan fingerprint density at radius 2 is 1.88 bits per heavy atom. The monoisotopic (exact) mass is 367 g/mol. The SMILES string of the molecule is C=C(/C=C\C(C)N(C)c1cc2c(cc1C(=O)O)OCCO2)S(C)(=O)=O. The summed E-state index contributed by atoms with van der Waals surface area (Å²) in [4.78, 5) is 13.3. The van der Waals surface area contributed by atoms with Crippen LogP contribution in [-0.2, 0) is 9.84 Å². The van der Waals surface area contributed by atoms with Crippen LogP contribution < -0.4 is 14.4 Å². The topological polar surface area (TPSA) is 93.1 Å². The van der Waals surface area contributed by atoms with Gasteiger partial charge in [0.1, 0.15) is 13.2 Å². The van der Waals surface area contributed by atoms with Crippen molar-refractivity contribution in [1.82, 2.24) is 0 Å². The highest BCUT2D eigenvalue weighted by atomic mass is 32.2. The highest BCUT2D eigenvalue weighted by Gasteiger charge is 2.23. The number of fused-ring (bicyclic) bond motifs is 1. The molecule has 1 aliphatic rings. The van der Waals surface area contributed by atoms with Gasteiger partial charge in [-0.05, 0) is 13.0 Å². The Labute approximate surface area is 147 Å². The molecular weight excluding hydrogens is 346 g/mol. The Morgan fingerprint density at radius 1 is 1.32 bits per heavy atom. The summed E-state index contributed by atoms with van der Waals surface area (Å²) in [6.45, 7) is 6.09. The van der Waals surface area contributed by atoms with Crippen LogP contribution in [0.2, 0.25) is 0 Å². The summed E-state index contributed by atoms with van der Waals surface area (Å²) in [5.41, 5.74) is 0.521. The van der Waals surface area contributed by atoms with Crippen molar-refractivity contribution in [3.8, 4) is 11.5 Å². The van der Waals surface area contributed by atoms with Gasteiger partial charge in [0, 0.05) is 31.5 Å². The van der Waals surface area contributed by atoms with E-state index >= 15 is 0 Å². The zero-order valence-corrected chi connectivity index (χ0v) is 15.2. The molecule has 0 saturated carbocycles. The van der Waals surface area contributed by atoms with E-state index in [-0.39, 0.29) is 16.5 Å². The number of hydrogen-bond acceptors (Lipinski definition) is 6. The van der Waals surface area contributed by atoms with Crippen molar-refractivity contribution in [3.05, 3.63) is 41.3 Å². The van der Waals surface area contributed by atoms with Gasteiger partial charge >= 0.3 is 5.97 Å². The maximum atomic E-state index is 11.6. The van der Waals surface area contributed by atoms with Gasteiger partial charge in [0.25, 0.3) is 0 Å². The third kappa shape index (κ3) is 4.33. The van der Waals surface area contributed by atoms with E-state index < -0.39 is 15.8 Å². The van der Waals surface area contributed by atoms with E-state index in [2.05, 4.69) is 6.58 Å². The van der Waals surface area contributed by atoms with Crippen molar-refractivity contribution in [2.75, 3.05) is 31.4 Å². The molecule has 0 spiro atoms. The second kappa shape index (κ2) is 7.18. The summed E-state index contributed by atoms with van der Waals surface area (Å²) in [5.74, 6) is -0.208. The number of sulfone groups is 1. The molecule has 8 heteroatoms. The molecule has 0 aliphatic carbocycles. The van der Waals surface area contributed by atoms with Crippen LogP contribution in [0.1, 0.15) is 17.3 Å². The Bertz CT molecular complexity index is 828. The molecule has 0 saturated heterocycles. The van der Waals surface area contributed by atoms with Crippen LogP contribution in [0, 0.1) is 0 Å². The third-order valence-electron chi connectivity index (χ3n) is 3.92. The fourth-order valence-electron chi connectivity index (χ4n) is 2.26. The summed E-state index contributed by atoms with van der Waals surface area (Å²) in [6, 6.07) is 2.78. The summed E-state index contributed by atoms with van der Waals surface area (Å²) in [6.07, 6.45) is 4.14. The van der Waals surface area contributed by atoms with E-state index in [9.17, 15) is 18.3 Å². The molecule has 1 atom stereocenters. The van der Waals surface area contributed by atoms with Gasteiger partial charge in [0.05, 0.1) is 16.2 Å². The first kappa shape index (κ1) is 18.9. The smallest absolute Gasteiger partial charge is 0.337 e. The lowest BCUT2D eigenvalue weighted by atomic mass is 10.1. The van der Waals surface area contributed by atoms with Gasteiger partial charge in [-0.1, -0.05) is 12.7 Å². The summed E-state index contributed by atoms with van der Waals surface area (Å²) >= 11 is 0. The van der Waals surface area contributed by atoms with Gasteiger partial charge in [0.2, 0.25) is 0 Å². The number of carboxylic acids is 1. The van der Waals surface area contributed by atoms with Crippen molar-refractivity contribution >= 4 is 21.5 Å². The molecule has 1 N–H and O–H groups in total. The number of ether oxygens (including phenoxy) is 2. The molecule has 25 heavy (non-hydrogen) atoms. The Balaban J connectivity index is 2.34. The van der Waals surface area contributed by atoms with Gasteiger partial charge < -0.3 is 19.5 Å². The van der Waals surface area contributed by atoms with Gasteiger partial charge in [-0.2, -0.15) is 0 Å². The first-order valence-electron chi connectivity index (χ1n) is 7.58. The lowest BCUT2D eigenvalue weighted by Crippen LogP contribution is -2.29. The quantitative estimate of drug-likeness (QED) is 0.770. The van der Waals surface area contributed by atoms with Gasteiger partial charge in [-0.3, -0.25) is 0 Å². The van der Waals surface area contributed by atoms with Crippen LogP contribution in [0.4, 0.5) is 5.69 Å². The molecule has 1 heterocycles. The lowest BCUT2D eigenvalue weighted by molar-refractivity contribution is 0.0696. The fraction of sp³-hybridized carbons (Fsp3) is 0.353. The number of benzene rings is 1. The molecule has 0 radical (unpaired) electrons. The number of likely N-dealkylation sites (N-methyl/N-ethyl adjacent to an activating group) is 1. The van der Waals surface area contributed by atoms with Crippen LogP contribution in [-0.4, -0.2) is 52.1 Å². The molecule has 0 fully saturated rings. The molecule has 0 amide bonds. The van der Waals surface area contributed by atoms with E-state index in [0.29, 0.717) is 30.4 Å².